The quantitative estimate of drug-likeness (QED) is 0.269. The van der Waals surface area contributed by atoms with Crippen molar-refractivity contribution in [2.24, 2.45) is 11.3 Å². The zero-order valence-electron chi connectivity index (χ0n) is 18.6. The third-order valence-electron chi connectivity index (χ3n) is 7.70. The Kier molecular flexibility index (Phi) is 5.49. The van der Waals surface area contributed by atoms with Gasteiger partial charge in [-0.1, -0.05) is 46.3 Å². The van der Waals surface area contributed by atoms with Crippen LogP contribution in [0.5, 0.6) is 0 Å². The van der Waals surface area contributed by atoms with Gasteiger partial charge in [-0.25, -0.2) is 10.8 Å². The number of nitrogens with two attached hydrogens (primary N) is 1. The van der Waals surface area contributed by atoms with E-state index < -0.39 is 0 Å². The van der Waals surface area contributed by atoms with Crippen molar-refractivity contribution >= 4 is 38.6 Å². The number of hydrazine groups is 1. The SMILES string of the molecule is Cc1c(-c2ccccc2)nc2ccc(Br)cc2c1C(=O)NC12CCC(C(=O)NN)(CC1)CC2. The smallest absolute Gasteiger partial charge is 0.252 e. The molecule has 3 aliphatic carbocycles. The number of rotatable bonds is 4. The fourth-order valence-corrected chi connectivity index (χ4v) is 6.03. The second-order valence-corrected chi connectivity index (χ2v) is 10.4. The normalized spacial score (nSPS) is 24.0. The van der Waals surface area contributed by atoms with Gasteiger partial charge in [0.1, 0.15) is 0 Å². The first-order valence-electron chi connectivity index (χ1n) is 11.4. The minimum absolute atomic E-state index is 0.0737. The molecule has 0 unspecified atom stereocenters. The first-order chi connectivity index (χ1) is 15.9. The Balaban J connectivity index is 1.53. The lowest BCUT2D eigenvalue weighted by Crippen LogP contribution is -2.60. The molecule has 2 bridgehead atoms. The number of pyridine rings is 1. The maximum absolute atomic E-state index is 13.8. The van der Waals surface area contributed by atoms with E-state index in [9.17, 15) is 9.59 Å². The Bertz CT molecular complexity index is 1230. The molecular weight excluding hydrogens is 480 g/mol. The van der Waals surface area contributed by atoms with E-state index >= 15 is 0 Å². The van der Waals surface area contributed by atoms with E-state index in [-0.39, 0.29) is 22.8 Å². The predicted molar refractivity (Wildman–Crippen MR) is 132 cm³/mol. The number of fused-ring (bicyclic) bond motifs is 4. The van der Waals surface area contributed by atoms with Gasteiger partial charge in [-0.2, -0.15) is 0 Å². The van der Waals surface area contributed by atoms with Gasteiger partial charge < -0.3 is 5.32 Å². The first-order valence-corrected chi connectivity index (χ1v) is 12.1. The number of amides is 2. The van der Waals surface area contributed by atoms with Crippen molar-refractivity contribution in [1.82, 2.24) is 15.7 Å². The maximum atomic E-state index is 13.8. The lowest BCUT2D eigenvalue weighted by molar-refractivity contribution is -0.138. The molecule has 3 aliphatic rings. The molecule has 0 radical (unpaired) electrons. The predicted octanol–water partition coefficient (Wildman–Crippen LogP) is 4.79. The van der Waals surface area contributed by atoms with Crippen LogP contribution in [-0.2, 0) is 4.79 Å². The second-order valence-electron chi connectivity index (χ2n) is 9.48. The van der Waals surface area contributed by atoms with Crippen LogP contribution in [0.4, 0.5) is 0 Å². The van der Waals surface area contributed by atoms with Crippen LogP contribution in [0.2, 0.25) is 0 Å². The average molecular weight is 507 g/mol. The number of hydrogen-bond acceptors (Lipinski definition) is 4. The molecule has 0 saturated heterocycles. The molecule has 6 rings (SSSR count). The molecule has 3 saturated carbocycles. The minimum Gasteiger partial charge on any atom is -0.347 e. The summed E-state index contributed by atoms with van der Waals surface area (Å²) in [5.74, 6) is 5.29. The molecule has 2 amide bonds. The van der Waals surface area contributed by atoms with Crippen molar-refractivity contribution in [2.75, 3.05) is 0 Å². The van der Waals surface area contributed by atoms with E-state index in [0.29, 0.717) is 5.56 Å². The standard InChI is InChI=1S/C26H27BrN4O2/c1-16-21(23(32)30-26-12-9-25(10-13-26,11-14-26)24(33)31-28)19-15-18(27)7-8-20(19)29-22(16)17-5-3-2-4-6-17/h2-8,15H,9-14,28H2,1H3,(H,30,32)(H,31,33). The molecule has 170 valence electrons. The summed E-state index contributed by atoms with van der Waals surface area (Å²) >= 11 is 3.55. The van der Waals surface area contributed by atoms with Gasteiger partial charge in [0, 0.05) is 21.0 Å². The van der Waals surface area contributed by atoms with Crippen molar-refractivity contribution in [2.45, 2.75) is 51.0 Å². The average Bonchev–Trinajstić information content (AvgIpc) is 2.84. The molecule has 0 aliphatic heterocycles. The van der Waals surface area contributed by atoms with Crippen molar-refractivity contribution in [3.8, 4) is 11.3 Å². The third kappa shape index (κ3) is 3.73. The zero-order chi connectivity index (χ0) is 23.2. The lowest BCUT2D eigenvalue weighted by Gasteiger charge is -2.52. The third-order valence-corrected chi connectivity index (χ3v) is 8.20. The summed E-state index contributed by atoms with van der Waals surface area (Å²) in [6.45, 7) is 1.97. The molecule has 2 aromatic carbocycles. The van der Waals surface area contributed by atoms with Crippen molar-refractivity contribution in [3.63, 3.8) is 0 Å². The molecule has 0 spiro atoms. The highest BCUT2D eigenvalue weighted by Gasteiger charge is 2.52. The highest BCUT2D eigenvalue weighted by molar-refractivity contribution is 9.10. The lowest BCUT2D eigenvalue weighted by atomic mass is 9.57. The molecule has 3 fully saturated rings. The number of hydrogen-bond donors (Lipinski definition) is 3. The Labute approximate surface area is 201 Å². The topological polar surface area (TPSA) is 97.1 Å². The van der Waals surface area contributed by atoms with E-state index in [1.54, 1.807) is 0 Å². The number of aromatic nitrogens is 1. The summed E-state index contributed by atoms with van der Waals surface area (Å²) in [4.78, 5) is 31.1. The van der Waals surface area contributed by atoms with E-state index in [2.05, 4.69) is 26.7 Å². The van der Waals surface area contributed by atoms with E-state index in [1.807, 2.05) is 55.5 Å². The summed E-state index contributed by atoms with van der Waals surface area (Å²) in [7, 11) is 0. The Morgan fingerprint density at radius 1 is 1.00 bits per heavy atom. The molecule has 1 aromatic heterocycles. The summed E-state index contributed by atoms with van der Waals surface area (Å²) in [5, 5.41) is 4.23. The summed E-state index contributed by atoms with van der Waals surface area (Å²) in [6, 6.07) is 15.8. The van der Waals surface area contributed by atoms with Crippen LogP contribution < -0.4 is 16.6 Å². The van der Waals surface area contributed by atoms with Crippen LogP contribution in [0.1, 0.15) is 54.4 Å². The fourth-order valence-electron chi connectivity index (χ4n) is 5.67. The molecule has 4 N–H and O–H groups in total. The largest absolute Gasteiger partial charge is 0.347 e. The van der Waals surface area contributed by atoms with Gasteiger partial charge in [-0.05, 0) is 69.2 Å². The highest BCUT2D eigenvalue weighted by atomic mass is 79.9. The zero-order valence-corrected chi connectivity index (χ0v) is 20.2. The molecule has 7 heteroatoms. The van der Waals surface area contributed by atoms with Gasteiger partial charge in [0.15, 0.2) is 0 Å². The number of carbonyl (C=O) groups is 2. The highest BCUT2D eigenvalue weighted by Crippen LogP contribution is 2.52. The van der Waals surface area contributed by atoms with Crippen LogP contribution >= 0.6 is 15.9 Å². The van der Waals surface area contributed by atoms with Gasteiger partial charge in [0.05, 0.1) is 22.2 Å². The van der Waals surface area contributed by atoms with Crippen LogP contribution in [-0.4, -0.2) is 22.3 Å². The van der Waals surface area contributed by atoms with Crippen LogP contribution in [0, 0.1) is 12.3 Å². The van der Waals surface area contributed by atoms with E-state index in [1.165, 1.54) is 0 Å². The maximum Gasteiger partial charge on any atom is 0.252 e. The van der Waals surface area contributed by atoms with Crippen molar-refractivity contribution < 1.29 is 9.59 Å². The monoisotopic (exact) mass is 506 g/mol. The summed E-state index contributed by atoms with van der Waals surface area (Å²) < 4.78 is 0.906. The van der Waals surface area contributed by atoms with Gasteiger partial charge in [0.25, 0.3) is 5.91 Å². The van der Waals surface area contributed by atoms with Gasteiger partial charge in [0.2, 0.25) is 5.91 Å². The van der Waals surface area contributed by atoms with Crippen LogP contribution in [0.15, 0.2) is 53.0 Å². The molecule has 33 heavy (non-hydrogen) atoms. The fraction of sp³-hybridized carbons (Fsp3) is 0.346. The van der Waals surface area contributed by atoms with Crippen LogP contribution in [0.25, 0.3) is 22.2 Å². The second kappa shape index (κ2) is 8.22. The number of halogens is 1. The Hall–Kier alpha value is -2.77. The van der Waals surface area contributed by atoms with E-state index in [4.69, 9.17) is 10.8 Å². The van der Waals surface area contributed by atoms with E-state index in [0.717, 1.165) is 70.7 Å². The number of benzene rings is 2. The molecule has 0 atom stereocenters. The number of nitrogens with one attached hydrogen (secondary N) is 2. The molecule has 3 aromatic rings. The Morgan fingerprint density at radius 2 is 1.67 bits per heavy atom. The van der Waals surface area contributed by atoms with Crippen LogP contribution in [0.3, 0.4) is 0 Å². The summed E-state index contributed by atoms with van der Waals surface area (Å²) in [6.07, 6.45) is 4.57. The number of nitrogens with zero attached hydrogens (tertiary/aromatic N) is 1. The molecular formula is C26H27BrN4O2. The summed E-state index contributed by atoms with van der Waals surface area (Å²) in [5.41, 5.74) is 5.80. The van der Waals surface area contributed by atoms with Crippen molar-refractivity contribution in [3.05, 3.63) is 64.1 Å². The number of carbonyl (C=O) groups excluding carboxylic acids is 2. The minimum atomic E-state index is -0.383. The first kappa shape index (κ1) is 22.0. The van der Waals surface area contributed by atoms with Gasteiger partial charge >= 0.3 is 0 Å². The molecule has 1 heterocycles. The van der Waals surface area contributed by atoms with Crippen molar-refractivity contribution in [1.29, 1.82) is 0 Å². The van der Waals surface area contributed by atoms with Gasteiger partial charge in [-0.3, -0.25) is 15.0 Å². The molecule has 6 nitrogen and oxygen atoms in total. The Morgan fingerprint density at radius 3 is 2.30 bits per heavy atom. The van der Waals surface area contributed by atoms with Gasteiger partial charge in [-0.15, -0.1) is 0 Å².